The number of likely N-dealkylation sites (N-methyl/N-ethyl adjacent to an activating group) is 1. The van der Waals surface area contributed by atoms with Gasteiger partial charge in [0.25, 0.3) is 0 Å². The second-order valence-electron chi connectivity index (χ2n) is 4.74. The first kappa shape index (κ1) is 11.5. The van der Waals surface area contributed by atoms with E-state index in [0.717, 1.165) is 17.7 Å². The minimum absolute atomic E-state index is 0.0106. The van der Waals surface area contributed by atoms with Crippen molar-refractivity contribution in [1.82, 2.24) is 0 Å². The van der Waals surface area contributed by atoms with Crippen LogP contribution in [0.2, 0.25) is 0 Å². The molecule has 0 saturated carbocycles. The number of para-hydroxylation sites is 1. The SMILES string of the molecule is Cc1ccsc1C[C@H]1C(=O)N(C)c2ccccc21. The van der Waals surface area contributed by atoms with E-state index >= 15 is 0 Å². The van der Waals surface area contributed by atoms with Crippen LogP contribution in [0.15, 0.2) is 35.7 Å². The summed E-state index contributed by atoms with van der Waals surface area (Å²) in [5.74, 6) is 0.201. The molecule has 1 aromatic carbocycles. The van der Waals surface area contributed by atoms with Crippen LogP contribution in [0.3, 0.4) is 0 Å². The molecule has 2 aromatic rings. The van der Waals surface area contributed by atoms with E-state index < -0.39 is 0 Å². The van der Waals surface area contributed by atoms with Gasteiger partial charge in [0.15, 0.2) is 0 Å². The smallest absolute Gasteiger partial charge is 0.234 e. The van der Waals surface area contributed by atoms with Crippen LogP contribution in [0, 0.1) is 6.92 Å². The molecule has 3 heteroatoms. The van der Waals surface area contributed by atoms with E-state index in [9.17, 15) is 4.79 Å². The summed E-state index contributed by atoms with van der Waals surface area (Å²) in [7, 11) is 1.86. The predicted molar refractivity (Wildman–Crippen MR) is 75.4 cm³/mol. The van der Waals surface area contributed by atoms with Gasteiger partial charge in [-0.25, -0.2) is 0 Å². The Morgan fingerprint density at radius 1 is 1.28 bits per heavy atom. The molecule has 1 amide bonds. The van der Waals surface area contributed by atoms with Gasteiger partial charge in [-0.1, -0.05) is 18.2 Å². The average Bonchev–Trinajstić information content (AvgIpc) is 2.88. The number of carbonyl (C=O) groups is 1. The van der Waals surface area contributed by atoms with Crippen LogP contribution < -0.4 is 4.90 Å². The van der Waals surface area contributed by atoms with Crippen LogP contribution in [0.25, 0.3) is 0 Å². The molecule has 0 aliphatic carbocycles. The number of aryl methyl sites for hydroxylation is 1. The summed E-state index contributed by atoms with van der Waals surface area (Å²) in [6.45, 7) is 2.11. The quantitative estimate of drug-likeness (QED) is 0.808. The van der Waals surface area contributed by atoms with Gasteiger partial charge in [0.2, 0.25) is 5.91 Å². The van der Waals surface area contributed by atoms with Crippen molar-refractivity contribution in [2.45, 2.75) is 19.3 Å². The van der Waals surface area contributed by atoms with Crippen LogP contribution in [-0.2, 0) is 11.2 Å². The molecule has 1 aliphatic rings. The Balaban J connectivity index is 1.98. The maximum atomic E-state index is 12.3. The third-order valence-electron chi connectivity index (χ3n) is 3.66. The molecule has 92 valence electrons. The highest BCUT2D eigenvalue weighted by Crippen LogP contribution is 2.39. The summed E-state index contributed by atoms with van der Waals surface area (Å²) in [4.78, 5) is 15.4. The lowest BCUT2D eigenvalue weighted by Gasteiger charge is -2.10. The van der Waals surface area contributed by atoms with Crippen molar-refractivity contribution in [3.05, 3.63) is 51.7 Å². The first-order valence-electron chi connectivity index (χ1n) is 6.08. The number of nitrogens with zero attached hydrogens (tertiary/aromatic N) is 1. The molecule has 1 atom stereocenters. The van der Waals surface area contributed by atoms with Gasteiger partial charge in [-0.3, -0.25) is 4.79 Å². The van der Waals surface area contributed by atoms with E-state index in [1.54, 1.807) is 16.2 Å². The highest BCUT2D eigenvalue weighted by molar-refractivity contribution is 7.10. The summed E-state index contributed by atoms with van der Waals surface area (Å²) in [5.41, 5.74) is 3.51. The summed E-state index contributed by atoms with van der Waals surface area (Å²) >= 11 is 1.74. The number of thiophene rings is 1. The van der Waals surface area contributed by atoms with Crippen molar-refractivity contribution < 1.29 is 4.79 Å². The van der Waals surface area contributed by atoms with E-state index in [1.165, 1.54) is 10.4 Å². The van der Waals surface area contributed by atoms with Crippen LogP contribution in [0.5, 0.6) is 0 Å². The Kier molecular flexibility index (Phi) is 2.71. The molecule has 18 heavy (non-hydrogen) atoms. The summed E-state index contributed by atoms with van der Waals surface area (Å²) in [6, 6.07) is 10.2. The molecule has 0 saturated heterocycles. The Morgan fingerprint density at radius 2 is 2.06 bits per heavy atom. The Morgan fingerprint density at radius 3 is 2.78 bits per heavy atom. The molecule has 0 unspecified atom stereocenters. The summed E-state index contributed by atoms with van der Waals surface area (Å²) in [5, 5.41) is 2.10. The van der Waals surface area contributed by atoms with Crippen molar-refractivity contribution in [3.63, 3.8) is 0 Å². The number of anilines is 1. The zero-order valence-electron chi connectivity index (χ0n) is 10.5. The van der Waals surface area contributed by atoms with Crippen molar-refractivity contribution in [1.29, 1.82) is 0 Å². The van der Waals surface area contributed by atoms with Crippen molar-refractivity contribution in [2.24, 2.45) is 0 Å². The van der Waals surface area contributed by atoms with E-state index in [4.69, 9.17) is 0 Å². The Bertz CT molecular complexity index is 602. The highest BCUT2D eigenvalue weighted by Gasteiger charge is 2.35. The van der Waals surface area contributed by atoms with Gasteiger partial charge in [-0.2, -0.15) is 0 Å². The molecule has 1 aromatic heterocycles. The number of rotatable bonds is 2. The van der Waals surface area contributed by atoms with Gasteiger partial charge in [-0.15, -0.1) is 11.3 Å². The van der Waals surface area contributed by atoms with Crippen molar-refractivity contribution in [2.75, 3.05) is 11.9 Å². The normalized spacial score (nSPS) is 18.2. The molecular weight excluding hydrogens is 242 g/mol. The van der Waals surface area contributed by atoms with Crippen molar-refractivity contribution >= 4 is 22.9 Å². The number of hydrogen-bond donors (Lipinski definition) is 0. The van der Waals surface area contributed by atoms with Crippen LogP contribution >= 0.6 is 11.3 Å². The summed E-state index contributed by atoms with van der Waals surface area (Å²) < 4.78 is 0. The maximum Gasteiger partial charge on any atom is 0.234 e. The molecule has 0 fully saturated rings. The van der Waals surface area contributed by atoms with E-state index in [1.807, 2.05) is 25.2 Å². The molecule has 0 spiro atoms. The molecule has 0 N–H and O–H groups in total. The van der Waals surface area contributed by atoms with Crippen molar-refractivity contribution in [3.8, 4) is 0 Å². The van der Waals surface area contributed by atoms with Crippen LogP contribution in [0.1, 0.15) is 21.9 Å². The van der Waals surface area contributed by atoms with Gasteiger partial charge in [-0.05, 0) is 42.0 Å². The molecule has 1 aliphatic heterocycles. The third kappa shape index (κ3) is 1.66. The lowest BCUT2D eigenvalue weighted by molar-refractivity contribution is -0.119. The standard InChI is InChI=1S/C15H15NOS/c1-10-7-8-18-14(10)9-12-11-5-3-4-6-13(11)16(2)15(12)17/h3-8,12H,9H2,1-2H3/t12-/m1/s1. The fourth-order valence-corrected chi connectivity index (χ4v) is 3.52. The zero-order chi connectivity index (χ0) is 12.7. The van der Waals surface area contributed by atoms with Gasteiger partial charge in [0, 0.05) is 17.6 Å². The van der Waals surface area contributed by atoms with Crippen LogP contribution in [-0.4, -0.2) is 13.0 Å². The lowest BCUT2D eigenvalue weighted by atomic mass is 9.95. The number of benzene rings is 1. The Labute approximate surface area is 111 Å². The molecule has 0 bridgehead atoms. The third-order valence-corrected chi connectivity index (χ3v) is 4.71. The molecule has 0 radical (unpaired) electrons. The van der Waals surface area contributed by atoms with E-state index in [2.05, 4.69) is 24.4 Å². The maximum absolute atomic E-state index is 12.3. The summed E-state index contributed by atoms with van der Waals surface area (Å²) in [6.07, 6.45) is 0.823. The van der Waals surface area contributed by atoms with Gasteiger partial charge in [0.1, 0.15) is 0 Å². The van der Waals surface area contributed by atoms with Gasteiger partial charge in [0.05, 0.1) is 5.92 Å². The second-order valence-corrected chi connectivity index (χ2v) is 5.74. The largest absolute Gasteiger partial charge is 0.315 e. The predicted octanol–water partition coefficient (Wildman–Crippen LogP) is 3.36. The zero-order valence-corrected chi connectivity index (χ0v) is 11.3. The van der Waals surface area contributed by atoms with E-state index in [0.29, 0.717) is 0 Å². The van der Waals surface area contributed by atoms with Gasteiger partial charge >= 0.3 is 0 Å². The number of fused-ring (bicyclic) bond motifs is 1. The number of carbonyl (C=O) groups excluding carboxylic acids is 1. The first-order chi connectivity index (χ1) is 8.68. The molecule has 2 heterocycles. The monoisotopic (exact) mass is 257 g/mol. The molecule has 3 rings (SSSR count). The highest BCUT2D eigenvalue weighted by atomic mass is 32.1. The molecular formula is C15H15NOS. The number of hydrogen-bond acceptors (Lipinski definition) is 2. The van der Waals surface area contributed by atoms with E-state index in [-0.39, 0.29) is 11.8 Å². The first-order valence-corrected chi connectivity index (χ1v) is 6.96. The Hall–Kier alpha value is -1.61. The molecule has 2 nitrogen and oxygen atoms in total. The lowest BCUT2D eigenvalue weighted by Crippen LogP contribution is -2.24. The minimum atomic E-state index is -0.0106. The number of amides is 1. The minimum Gasteiger partial charge on any atom is -0.315 e. The van der Waals surface area contributed by atoms with Crippen LogP contribution in [0.4, 0.5) is 5.69 Å². The fourth-order valence-electron chi connectivity index (χ4n) is 2.57. The second kappa shape index (κ2) is 4.25. The average molecular weight is 257 g/mol. The fraction of sp³-hybridized carbons (Fsp3) is 0.267. The topological polar surface area (TPSA) is 20.3 Å². The van der Waals surface area contributed by atoms with Gasteiger partial charge < -0.3 is 4.90 Å².